The van der Waals surface area contributed by atoms with Crippen LogP contribution in [0.3, 0.4) is 0 Å². The number of hydrogen-bond acceptors (Lipinski definition) is 5. The van der Waals surface area contributed by atoms with Gasteiger partial charge in [0, 0.05) is 22.6 Å². The summed E-state index contributed by atoms with van der Waals surface area (Å²) < 4.78 is 16.9. The van der Waals surface area contributed by atoms with Crippen LogP contribution in [0.5, 0.6) is 0 Å². The summed E-state index contributed by atoms with van der Waals surface area (Å²) in [6.07, 6.45) is 5.46. The fourth-order valence-corrected chi connectivity index (χ4v) is 2.58. The molecule has 1 fully saturated rings. The summed E-state index contributed by atoms with van der Waals surface area (Å²) in [6.45, 7) is 2.10. The number of carbonyl (C=O) groups is 1. The van der Waals surface area contributed by atoms with Crippen molar-refractivity contribution < 1.29 is 18.7 Å². The summed E-state index contributed by atoms with van der Waals surface area (Å²) >= 11 is 2.07. The van der Waals surface area contributed by atoms with Crippen LogP contribution in [0, 0.1) is 3.77 Å². The van der Waals surface area contributed by atoms with E-state index < -0.39 is 5.60 Å². The van der Waals surface area contributed by atoms with E-state index in [4.69, 9.17) is 13.9 Å². The number of aromatic nitrogens is 1. The van der Waals surface area contributed by atoms with Crippen LogP contribution in [0.1, 0.15) is 38.5 Å². The molecule has 0 radical (unpaired) electrons. The number of carbonyl (C=O) groups excluding carboxylic acids is 1. The molecule has 0 spiro atoms. The van der Waals surface area contributed by atoms with E-state index in [9.17, 15) is 4.79 Å². The Hall–Kier alpha value is -0.630. The second kappa shape index (κ2) is 6.01. The topological polar surface area (TPSA) is 61.6 Å². The molecule has 0 amide bonds. The predicted octanol–water partition coefficient (Wildman–Crippen LogP) is 2.63. The molecular formula is C12H16INO4. The molecule has 0 aliphatic heterocycles. The maximum absolute atomic E-state index is 11.4. The number of hydrogen-bond donors (Lipinski definition) is 0. The van der Waals surface area contributed by atoms with Crippen LogP contribution in [-0.2, 0) is 19.9 Å². The van der Waals surface area contributed by atoms with Gasteiger partial charge >= 0.3 is 5.97 Å². The van der Waals surface area contributed by atoms with Gasteiger partial charge in [0.1, 0.15) is 12.2 Å². The summed E-state index contributed by atoms with van der Waals surface area (Å²) in [5.74, 6) is 0.235. The second-order valence-corrected chi connectivity index (χ2v) is 5.33. The summed E-state index contributed by atoms with van der Waals surface area (Å²) in [5.41, 5.74) is -0.545. The van der Waals surface area contributed by atoms with Gasteiger partial charge < -0.3 is 13.9 Å². The molecule has 0 unspecified atom stereocenters. The van der Waals surface area contributed by atoms with Gasteiger partial charge in [-0.05, 0) is 32.6 Å². The molecule has 0 atom stereocenters. The zero-order valence-electron chi connectivity index (χ0n) is 10.3. The molecule has 1 aliphatic carbocycles. The van der Waals surface area contributed by atoms with E-state index in [0.29, 0.717) is 12.5 Å². The van der Waals surface area contributed by atoms with Gasteiger partial charge in [-0.25, -0.2) is 9.78 Å². The molecule has 1 heterocycles. The van der Waals surface area contributed by atoms with Crippen LogP contribution in [0.25, 0.3) is 0 Å². The van der Waals surface area contributed by atoms with Gasteiger partial charge in [-0.15, -0.1) is 0 Å². The van der Waals surface area contributed by atoms with Crippen LogP contribution in [0.2, 0.25) is 0 Å². The van der Waals surface area contributed by atoms with Crippen molar-refractivity contribution in [3.8, 4) is 0 Å². The Balaban J connectivity index is 2.05. The van der Waals surface area contributed by atoms with Crippen LogP contribution < -0.4 is 0 Å². The Morgan fingerprint density at radius 1 is 1.56 bits per heavy atom. The fraction of sp³-hybridized carbons (Fsp3) is 0.667. The average Bonchev–Trinajstić information content (AvgIpc) is 2.96. The second-order valence-electron chi connectivity index (χ2n) is 4.26. The summed E-state index contributed by atoms with van der Waals surface area (Å²) in [4.78, 5) is 15.6. The lowest BCUT2D eigenvalue weighted by Crippen LogP contribution is -2.30. The lowest BCUT2D eigenvalue weighted by atomic mass is 10.0. The number of oxazole rings is 1. The van der Waals surface area contributed by atoms with Crippen molar-refractivity contribution in [2.45, 2.75) is 38.2 Å². The molecule has 0 aromatic carbocycles. The Labute approximate surface area is 119 Å². The third-order valence-corrected chi connectivity index (χ3v) is 3.55. The monoisotopic (exact) mass is 365 g/mol. The first kappa shape index (κ1) is 13.8. The molecule has 0 bridgehead atoms. The number of rotatable bonds is 5. The van der Waals surface area contributed by atoms with Gasteiger partial charge in [0.05, 0.1) is 12.8 Å². The first-order chi connectivity index (χ1) is 8.66. The van der Waals surface area contributed by atoms with Crippen molar-refractivity contribution in [2.24, 2.45) is 0 Å². The predicted molar refractivity (Wildman–Crippen MR) is 72.0 cm³/mol. The zero-order chi connectivity index (χ0) is 13.0. The summed E-state index contributed by atoms with van der Waals surface area (Å²) in [6, 6.07) is 0. The van der Waals surface area contributed by atoms with Gasteiger partial charge in [0.2, 0.25) is 5.89 Å². The first-order valence-electron chi connectivity index (χ1n) is 6.08. The quantitative estimate of drug-likeness (QED) is 0.593. The van der Waals surface area contributed by atoms with Crippen molar-refractivity contribution in [3.05, 3.63) is 15.9 Å². The lowest BCUT2D eigenvalue weighted by molar-refractivity contribution is -0.158. The van der Waals surface area contributed by atoms with Crippen LogP contribution in [0.4, 0.5) is 0 Å². The molecule has 100 valence electrons. The van der Waals surface area contributed by atoms with E-state index in [2.05, 4.69) is 27.6 Å². The molecule has 1 aromatic rings. The van der Waals surface area contributed by atoms with Gasteiger partial charge in [-0.1, -0.05) is 0 Å². The van der Waals surface area contributed by atoms with Crippen molar-refractivity contribution in [1.82, 2.24) is 4.98 Å². The third kappa shape index (κ3) is 3.03. The molecule has 2 rings (SSSR count). The lowest BCUT2D eigenvalue weighted by Gasteiger charge is -2.25. The normalized spacial score (nSPS) is 17.9. The standard InChI is InChI=1S/C12H16INO4/c1-2-16-10(15)8-17-12(5-3-4-6-12)11-14-7-9(13)18-11/h7H,2-6,8H2,1H3. The largest absolute Gasteiger partial charge is 0.464 e. The molecule has 1 aromatic heterocycles. The fourth-order valence-electron chi connectivity index (χ4n) is 2.23. The van der Waals surface area contributed by atoms with E-state index in [0.717, 1.165) is 29.5 Å². The number of nitrogens with zero attached hydrogens (tertiary/aromatic N) is 1. The number of halogens is 1. The SMILES string of the molecule is CCOC(=O)COC1(c2ncc(I)o2)CCCC1. The van der Waals surface area contributed by atoms with E-state index in [1.54, 1.807) is 13.1 Å². The molecule has 1 aliphatic rings. The minimum absolute atomic E-state index is 0.0488. The van der Waals surface area contributed by atoms with Crippen LogP contribution >= 0.6 is 22.6 Å². The summed E-state index contributed by atoms with van der Waals surface area (Å²) in [7, 11) is 0. The van der Waals surface area contributed by atoms with Crippen molar-refractivity contribution in [2.75, 3.05) is 13.2 Å². The first-order valence-corrected chi connectivity index (χ1v) is 7.15. The van der Waals surface area contributed by atoms with E-state index in [1.165, 1.54) is 0 Å². The minimum Gasteiger partial charge on any atom is -0.464 e. The zero-order valence-corrected chi connectivity index (χ0v) is 12.4. The smallest absolute Gasteiger partial charge is 0.332 e. The van der Waals surface area contributed by atoms with Gasteiger partial charge in [0.25, 0.3) is 0 Å². The highest BCUT2D eigenvalue weighted by Crippen LogP contribution is 2.41. The highest BCUT2D eigenvalue weighted by molar-refractivity contribution is 14.1. The molecule has 18 heavy (non-hydrogen) atoms. The van der Waals surface area contributed by atoms with Crippen molar-refractivity contribution >= 4 is 28.6 Å². The maximum atomic E-state index is 11.4. The van der Waals surface area contributed by atoms with E-state index in [-0.39, 0.29) is 12.6 Å². The number of esters is 1. The Morgan fingerprint density at radius 3 is 2.83 bits per heavy atom. The highest BCUT2D eigenvalue weighted by Gasteiger charge is 2.41. The molecule has 0 N–H and O–H groups in total. The summed E-state index contributed by atoms with van der Waals surface area (Å²) in [5, 5.41) is 0. The molecule has 0 saturated heterocycles. The Kier molecular flexibility index (Phi) is 4.60. The highest BCUT2D eigenvalue weighted by atomic mass is 127. The molecule has 5 nitrogen and oxygen atoms in total. The minimum atomic E-state index is -0.545. The van der Waals surface area contributed by atoms with E-state index in [1.807, 2.05) is 0 Å². The van der Waals surface area contributed by atoms with Crippen LogP contribution in [0.15, 0.2) is 10.6 Å². The number of ether oxygens (including phenoxy) is 2. The van der Waals surface area contributed by atoms with Gasteiger partial charge in [-0.2, -0.15) is 0 Å². The average molecular weight is 365 g/mol. The van der Waals surface area contributed by atoms with Crippen molar-refractivity contribution in [1.29, 1.82) is 0 Å². The maximum Gasteiger partial charge on any atom is 0.332 e. The van der Waals surface area contributed by atoms with Crippen molar-refractivity contribution in [3.63, 3.8) is 0 Å². The van der Waals surface area contributed by atoms with E-state index >= 15 is 0 Å². The Morgan fingerprint density at radius 2 is 2.28 bits per heavy atom. The molecular weight excluding hydrogens is 349 g/mol. The molecule has 6 heteroatoms. The van der Waals surface area contributed by atoms with Crippen LogP contribution in [-0.4, -0.2) is 24.2 Å². The third-order valence-electron chi connectivity index (χ3n) is 3.05. The van der Waals surface area contributed by atoms with Gasteiger partial charge in [0.15, 0.2) is 3.77 Å². The van der Waals surface area contributed by atoms with Gasteiger partial charge in [-0.3, -0.25) is 0 Å². The Bertz CT molecular complexity index is 412. The molecule has 1 saturated carbocycles.